The van der Waals surface area contributed by atoms with Crippen LogP contribution < -0.4 is 0 Å². The van der Waals surface area contributed by atoms with Crippen molar-refractivity contribution >= 4 is 10.1 Å². The maximum Gasteiger partial charge on any atom is 0.297 e. The molecule has 2 bridgehead atoms. The largest absolute Gasteiger partial charge is 0.371 e. The number of ether oxygens (including phenoxy) is 1. The van der Waals surface area contributed by atoms with Crippen molar-refractivity contribution in [3.63, 3.8) is 0 Å². The maximum absolute atomic E-state index is 14.6. The fourth-order valence-electron chi connectivity index (χ4n) is 2.85. The Bertz CT molecular complexity index is 598. The summed E-state index contributed by atoms with van der Waals surface area (Å²) in [6, 6.07) is 6.30. The molecule has 2 heterocycles. The van der Waals surface area contributed by atoms with Crippen LogP contribution in [-0.4, -0.2) is 32.9 Å². The lowest BCUT2D eigenvalue weighted by atomic mass is 9.87. The minimum Gasteiger partial charge on any atom is -0.371 e. The maximum atomic E-state index is 14.6. The van der Waals surface area contributed by atoms with Crippen molar-refractivity contribution in [2.24, 2.45) is 0 Å². The van der Waals surface area contributed by atoms with E-state index in [-0.39, 0.29) is 17.4 Å². The molecule has 0 aromatic heterocycles. The molecule has 4 nitrogen and oxygen atoms in total. The van der Waals surface area contributed by atoms with Gasteiger partial charge in [-0.25, -0.2) is 4.39 Å². The van der Waals surface area contributed by atoms with Crippen LogP contribution in [-0.2, 0) is 19.0 Å². The molecule has 0 radical (unpaired) electrons. The van der Waals surface area contributed by atoms with Crippen LogP contribution in [0.4, 0.5) is 4.39 Å². The van der Waals surface area contributed by atoms with E-state index in [0.717, 1.165) is 12.0 Å². The first kappa shape index (κ1) is 14.0. The van der Waals surface area contributed by atoms with Gasteiger partial charge in [-0.2, -0.15) is 8.42 Å². The topological polar surface area (TPSA) is 52.6 Å². The van der Waals surface area contributed by atoms with E-state index in [4.69, 9.17) is 8.92 Å². The van der Waals surface area contributed by atoms with Gasteiger partial charge in [-0.3, -0.25) is 4.18 Å². The van der Waals surface area contributed by atoms with Gasteiger partial charge >= 0.3 is 0 Å². The molecule has 2 aliphatic heterocycles. The van der Waals surface area contributed by atoms with Gasteiger partial charge < -0.3 is 4.74 Å². The number of alkyl halides is 1. The van der Waals surface area contributed by atoms with Crippen molar-refractivity contribution in [3.05, 3.63) is 29.8 Å². The fraction of sp³-hybridized carbons (Fsp3) is 0.571. The number of fused-ring (bicyclic) bond motifs is 2. The van der Waals surface area contributed by atoms with Crippen LogP contribution >= 0.6 is 0 Å². The van der Waals surface area contributed by atoms with Gasteiger partial charge in [0.15, 0.2) is 5.67 Å². The van der Waals surface area contributed by atoms with E-state index >= 15 is 0 Å². The molecule has 3 rings (SSSR count). The number of hydrogen-bond acceptors (Lipinski definition) is 4. The van der Waals surface area contributed by atoms with Gasteiger partial charge in [-0.1, -0.05) is 17.7 Å². The number of rotatable bonds is 4. The molecule has 110 valence electrons. The van der Waals surface area contributed by atoms with Gasteiger partial charge in [-0.05, 0) is 31.9 Å². The molecule has 20 heavy (non-hydrogen) atoms. The van der Waals surface area contributed by atoms with Crippen molar-refractivity contribution in [1.29, 1.82) is 0 Å². The minimum atomic E-state index is -3.92. The van der Waals surface area contributed by atoms with Gasteiger partial charge in [0, 0.05) is 6.42 Å². The number of hydrogen-bond donors (Lipinski definition) is 0. The summed E-state index contributed by atoms with van der Waals surface area (Å²) in [5.74, 6) is 0. The molecule has 2 aliphatic rings. The zero-order valence-electron chi connectivity index (χ0n) is 11.2. The van der Waals surface area contributed by atoms with Crippen molar-refractivity contribution in [2.75, 3.05) is 6.61 Å². The molecule has 0 unspecified atom stereocenters. The highest BCUT2D eigenvalue weighted by Crippen LogP contribution is 2.44. The molecule has 3 atom stereocenters. The molecule has 0 amide bonds. The SMILES string of the molecule is Cc1ccc(S(=O)(=O)OC[C@]2(F)C[C@@H]3CC[C@H]2O3)cc1. The third kappa shape index (κ3) is 2.47. The first-order valence-electron chi connectivity index (χ1n) is 6.70. The van der Waals surface area contributed by atoms with Crippen LogP contribution in [0.5, 0.6) is 0 Å². The zero-order valence-corrected chi connectivity index (χ0v) is 12.0. The molecule has 2 fully saturated rings. The lowest BCUT2D eigenvalue weighted by molar-refractivity contribution is 0.00721. The van der Waals surface area contributed by atoms with Crippen molar-refractivity contribution in [1.82, 2.24) is 0 Å². The lowest BCUT2D eigenvalue weighted by Crippen LogP contribution is -2.40. The second-order valence-corrected chi connectivity index (χ2v) is 7.21. The molecule has 6 heteroatoms. The average Bonchev–Trinajstić information content (AvgIpc) is 2.98. The first-order valence-corrected chi connectivity index (χ1v) is 8.10. The average molecular weight is 300 g/mol. The van der Waals surface area contributed by atoms with Crippen molar-refractivity contribution < 1.29 is 21.7 Å². The highest BCUT2D eigenvalue weighted by molar-refractivity contribution is 7.86. The molecule has 0 saturated carbocycles. The first-order chi connectivity index (χ1) is 9.39. The van der Waals surface area contributed by atoms with Gasteiger partial charge in [0.05, 0.1) is 17.1 Å². The third-order valence-electron chi connectivity index (χ3n) is 4.02. The highest BCUT2D eigenvalue weighted by Gasteiger charge is 2.54. The molecule has 1 aromatic rings. The molecule has 0 aliphatic carbocycles. The van der Waals surface area contributed by atoms with Crippen LogP contribution in [0.3, 0.4) is 0 Å². The minimum absolute atomic E-state index is 0.0516. The Morgan fingerprint density at radius 2 is 2.05 bits per heavy atom. The summed E-state index contributed by atoms with van der Waals surface area (Å²) in [7, 11) is -3.92. The predicted octanol–water partition coefficient (Wildman–Crippen LogP) is 2.36. The Kier molecular flexibility index (Phi) is 3.35. The van der Waals surface area contributed by atoms with Crippen LogP contribution in [0.25, 0.3) is 0 Å². The molecule has 2 saturated heterocycles. The summed E-state index contributed by atoms with van der Waals surface area (Å²) in [4.78, 5) is 0.0516. The molecule has 0 N–H and O–H groups in total. The monoisotopic (exact) mass is 300 g/mol. The van der Waals surface area contributed by atoms with Crippen molar-refractivity contribution in [3.8, 4) is 0 Å². The van der Waals surface area contributed by atoms with E-state index in [1.165, 1.54) is 12.1 Å². The summed E-state index contributed by atoms with van der Waals surface area (Å²) < 4.78 is 49.0. The van der Waals surface area contributed by atoms with Gasteiger partial charge in [0.1, 0.15) is 6.61 Å². The normalized spacial score (nSPS) is 32.7. The summed E-state index contributed by atoms with van der Waals surface area (Å²) in [6.07, 6.45) is 1.09. The summed E-state index contributed by atoms with van der Waals surface area (Å²) in [5, 5.41) is 0. The van der Waals surface area contributed by atoms with Crippen LogP contribution in [0.15, 0.2) is 29.2 Å². The van der Waals surface area contributed by atoms with Crippen LogP contribution in [0.2, 0.25) is 0 Å². The predicted molar refractivity (Wildman–Crippen MR) is 70.7 cm³/mol. The van der Waals surface area contributed by atoms with Gasteiger partial charge in [0.2, 0.25) is 0 Å². The second-order valence-electron chi connectivity index (χ2n) is 5.59. The highest BCUT2D eigenvalue weighted by atomic mass is 32.2. The Hall–Kier alpha value is -0.980. The van der Waals surface area contributed by atoms with Gasteiger partial charge in [-0.15, -0.1) is 0 Å². The fourth-order valence-corrected chi connectivity index (χ4v) is 3.80. The molecular weight excluding hydrogens is 283 g/mol. The second kappa shape index (κ2) is 4.79. The summed E-state index contributed by atoms with van der Waals surface area (Å²) in [5.41, 5.74) is -0.729. The number of benzene rings is 1. The van der Waals surface area contributed by atoms with E-state index in [1.54, 1.807) is 12.1 Å². The van der Waals surface area contributed by atoms with E-state index in [1.807, 2.05) is 6.92 Å². The number of aryl methyl sites for hydroxylation is 1. The molecule has 1 aromatic carbocycles. The number of halogens is 1. The Morgan fingerprint density at radius 3 is 2.60 bits per heavy atom. The standard InChI is InChI=1S/C14H17FO4S/c1-10-2-5-12(6-3-10)20(16,17)18-9-14(15)8-11-4-7-13(14)19-11/h2-3,5-6,11,13H,4,7-9H2,1H3/t11-,13+,14+/m0/s1. The Labute approximate surface area is 118 Å². The zero-order chi connectivity index (χ0) is 14.4. The molecular formula is C14H17FO4S. The lowest BCUT2D eigenvalue weighted by Gasteiger charge is -2.26. The Morgan fingerprint density at radius 1 is 1.35 bits per heavy atom. The van der Waals surface area contributed by atoms with E-state index in [0.29, 0.717) is 6.42 Å². The van der Waals surface area contributed by atoms with E-state index < -0.39 is 28.5 Å². The third-order valence-corrected chi connectivity index (χ3v) is 5.29. The molecule has 0 spiro atoms. The van der Waals surface area contributed by atoms with Crippen LogP contribution in [0.1, 0.15) is 24.8 Å². The van der Waals surface area contributed by atoms with E-state index in [2.05, 4.69) is 0 Å². The quantitative estimate of drug-likeness (QED) is 0.801. The van der Waals surface area contributed by atoms with E-state index in [9.17, 15) is 12.8 Å². The van der Waals surface area contributed by atoms with Gasteiger partial charge in [0.25, 0.3) is 10.1 Å². The van der Waals surface area contributed by atoms with Crippen molar-refractivity contribution in [2.45, 2.75) is 49.0 Å². The summed E-state index contributed by atoms with van der Waals surface area (Å²) >= 11 is 0. The smallest absolute Gasteiger partial charge is 0.297 e. The Balaban J connectivity index is 1.70. The van der Waals surface area contributed by atoms with Crippen LogP contribution in [0, 0.1) is 6.92 Å². The summed E-state index contributed by atoms with van der Waals surface area (Å²) in [6.45, 7) is 1.39.